The van der Waals surface area contributed by atoms with Crippen molar-refractivity contribution in [1.29, 1.82) is 0 Å². The van der Waals surface area contributed by atoms with Gasteiger partial charge in [-0.25, -0.2) is 4.39 Å². The predicted octanol–water partition coefficient (Wildman–Crippen LogP) is 4.03. The van der Waals surface area contributed by atoms with Crippen LogP contribution in [0.3, 0.4) is 0 Å². The number of aromatic nitrogens is 1. The van der Waals surface area contributed by atoms with Crippen LogP contribution in [0.2, 0.25) is 0 Å². The molecule has 0 saturated heterocycles. The van der Waals surface area contributed by atoms with Gasteiger partial charge in [-0.3, -0.25) is 4.79 Å². The van der Waals surface area contributed by atoms with E-state index in [-0.39, 0.29) is 11.7 Å². The molecule has 0 fully saturated rings. The quantitative estimate of drug-likeness (QED) is 0.788. The Morgan fingerprint density at radius 3 is 2.71 bits per heavy atom. The van der Waals surface area contributed by atoms with E-state index < -0.39 is 0 Å². The highest BCUT2D eigenvalue weighted by molar-refractivity contribution is 6.00. The van der Waals surface area contributed by atoms with E-state index in [0.29, 0.717) is 29.1 Å². The van der Waals surface area contributed by atoms with Crippen molar-refractivity contribution in [2.24, 2.45) is 0 Å². The lowest BCUT2D eigenvalue weighted by Crippen LogP contribution is -2.23. The first-order valence-electron chi connectivity index (χ1n) is 7.60. The Morgan fingerprint density at radius 1 is 1.17 bits per heavy atom. The van der Waals surface area contributed by atoms with Gasteiger partial charge in [-0.2, -0.15) is 0 Å². The molecule has 0 aliphatic rings. The van der Waals surface area contributed by atoms with Crippen LogP contribution in [0.4, 0.5) is 4.39 Å². The Balaban J connectivity index is 1.84. The molecule has 0 unspecified atom stereocenters. The average molecular weight is 324 g/mol. The first kappa shape index (κ1) is 15.9. The van der Waals surface area contributed by atoms with Gasteiger partial charge in [0.25, 0.3) is 5.91 Å². The van der Waals surface area contributed by atoms with Crippen molar-refractivity contribution in [3.63, 3.8) is 0 Å². The van der Waals surface area contributed by atoms with Crippen molar-refractivity contribution in [1.82, 2.24) is 10.5 Å². The van der Waals surface area contributed by atoms with E-state index in [2.05, 4.69) is 10.5 Å². The smallest absolute Gasteiger partial charge is 0.257 e. The maximum absolute atomic E-state index is 13.4. The third-order valence-electron chi connectivity index (χ3n) is 3.72. The molecule has 0 aliphatic heterocycles. The van der Waals surface area contributed by atoms with Gasteiger partial charge >= 0.3 is 0 Å². The highest BCUT2D eigenvalue weighted by atomic mass is 19.1. The lowest BCUT2D eigenvalue weighted by atomic mass is 10.1. The molecule has 0 saturated carbocycles. The molecule has 0 spiro atoms. The molecular formula is C19H17FN2O2. The third kappa shape index (κ3) is 3.35. The maximum Gasteiger partial charge on any atom is 0.257 e. The molecule has 4 nitrogen and oxygen atoms in total. The number of rotatable bonds is 4. The number of halogens is 1. The van der Waals surface area contributed by atoms with Crippen LogP contribution in [-0.4, -0.2) is 11.1 Å². The van der Waals surface area contributed by atoms with Crippen LogP contribution in [-0.2, 0) is 6.54 Å². The monoisotopic (exact) mass is 324 g/mol. The third-order valence-corrected chi connectivity index (χ3v) is 3.72. The molecule has 0 atom stereocenters. The van der Waals surface area contributed by atoms with Gasteiger partial charge in [0.2, 0.25) is 0 Å². The van der Waals surface area contributed by atoms with Crippen LogP contribution < -0.4 is 5.32 Å². The minimum Gasteiger partial charge on any atom is -0.360 e. The Hall–Kier alpha value is -2.95. The van der Waals surface area contributed by atoms with E-state index in [1.165, 1.54) is 12.1 Å². The van der Waals surface area contributed by atoms with Gasteiger partial charge in [-0.15, -0.1) is 0 Å². The SMILES string of the molecule is Cc1cccc(CNC(=O)c2c(-c3cccc(F)c3)noc2C)c1. The van der Waals surface area contributed by atoms with E-state index in [1.54, 1.807) is 19.1 Å². The van der Waals surface area contributed by atoms with Crippen molar-refractivity contribution in [3.8, 4) is 11.3 Å². The Labute approximate surface area is 139 Å². The summed E-state index contributed by atoms with van der Waals surface area (Å²) in [6, 6.07) is 13.8. The van der Waals surface area contributed by atoms with Crippen LogP contribution in [0.15, 0.2) is 53.1 Å². The Morgan fingerprint density at radius 2 is 1.96 bits per heavy atom. The molecule has 0 radical (unpaired) electrons. The topological polar surface area (TPSA) is 55.1 Å². The number of hydrogen-bond donors (Lipinski definition) is 1. The fraction of sp³-hybridized carbons (Fsp3) is 0.158. The molecule has 1 aromatic heterocycles. The summed E-state index contributed by atoms with van der Waals surface area (Å²) in [6.07, 6.45) is 0. The van der Waals surface area contributed by atoms with Crippen molar-refractivity contribution in [2.75, 3.05) is 0 Å². The lowest BCUT2D eigenvalue weighted by molar-refractivity contribution is 0.0950. The number of carbonyl (C=O) groups is 1. The molecule has 0 aliphatic carbocycles. The second-order valence-corrected chi connectivity index (χ2v) is 5.64. The van der Waals surface area contributed by atoms with Crippen molar-refractivity contribution >= 4 is 5.91 Å². The fourth-order valence-corrected chi connectivity index (χ4v) is 2.57. The number of amides is 1. The summed E-state index contributed by atoms with van der Waals surface area (Å²) in [5.74, 6) is -0.287. The molecule has 0 bridgehead atoms. The predicted molar refractivity (Wildman–Crippen MR) is 89.0 cm³/mol. The summed E-state index contributed by atoms with van der Waals surface area (Å²) in [6.45, 7) is 4.06. The van der Waals surface area contributed by atoms with Crippen molar-refractivity contribution in [3.05, 3.63) is 76.8 Å². The number of hydrogen-bond acceptors (Lipinski definition) is 3. The summed E-state index contributed by atoms with van der Waals surface area (Å²) >= 11 is 0. The first-order valence-corrected chi connectivity index (χ1v) is 7.60. The standard InChI is InChI=1S/C19H17FN2O2/c1-12-5-3-6-14(9-12)11-21-19(23)17-13(2)24-22-18(17)15-7-4-8-16(20)10-15/h3-10H,11H2,1-2H3,(H,21,23). The van der Waals surface area contributed by atoms with Crippen LogP contribution in [0.1, 0.15) is 27.2 Å². The zero-order valence-corrected chi connectivity index (χ0v) is 13.5. The maximum atomic E-state index is 13.4. The molecule has 24 heavy (non-hydrogen) atoms. The van der Waals surface area contributed by atoms with Gasteiger partial charge in [-0.05, 0) is 31.5 Å². The van der Waals surface area contributed by atoms with Gasteiger partial charge in [0.1, 0.15) is 22.8 Å². The summed E-state index contributed by atoms with van der Waals surface area (Å²) < 4.78 is 18.6. The fourth-order valence-electron chi connectivity index (χ4n) is 2.57. The van der Waals surface area contributed by atoms with Gasteiger partial charge in [0.15, 0.2) is 0 Å². The zero-order valence-electron chi connectivity index (χ0n) is 13.5. The van der Waals surface area contributed by atoms with Crippen LogP contribution in [0.25, 0.3) is 11.3 Å². The number of nitrogens with zero attached hydrogens (tertiary/aromatic N) is 1. The molecular weight excluding hydrogens is 307 g/mol. The van der Waals surface area contributed by atoms with Crippen LogP contribution >= 0.6 is 0 Å². The van der Waals surface area contributed by atoms with E-state index in [4.69, 9.17) is 4.52 Å². The summed E-state index contributed by atoms with van der Waals surface area (Å²) in [7, 11) is 0. The first-order chi connectivity index (χ1) is 11.5. The summed E-state index contributed by atoms with van der Waals surface area (Å²) in [5.41, 5.74) is 3.31. The highest BCUT2D eigenvalue weighted by Gasteiger charge is 2.21. The lowest BCUT2D eigenvalue weighted by Gasteiger charge is -2.07. The molecule has 1 heterocycles. The normalized spacial score (nSPS) is 10.6. The Kier molecular flexibility index (Phi) is 4.42. The van der Waals surface area contributed by atoms with E-state index >= 15 is 0 Å². The van der Waals surface area contributed by atoms with Gasteiger partial charge in [-0.1, -0.05) is 47.1 Å². The average Bonchev–Trinajstić information content (AvgIpc) is 2.94. The van der Waals surface area contributed by atoms with E-state index in [9.17, 15) is 9.18 Å². The van der Waals surface area contributed by atoms with Gasteiger partial charge in [0, 0.05) is 12.1 Å². The molecule has 3 rings (SSSR count). The summed E-state index contributed by atoms with van der Waals surface area (Å²) in [5, 5.41) is 6.78. The minimum atomic E-state index is -0.390. The Bertz CT molecular complexity index is 887. The molecule has 1 N–H and O–H groups in total. The van der Waals surface area contributed by atoms with Crippen molar-refractivity contribution < 1.29 is 13.7 Å². The number of benzene rings is 2. The van der Waals surface area contributed by atoms with Crippen molar-refractivity contribution in [2.45, 2.75) is 20.4 Å². The molecule has 1 amide bonds. The van der Waals surface area contributed by atoms with Gasteiger partial charge in [0.05, 0.1) is 0 Å². The number of carbonyl (C=O) groups excluding carboxylic acids is 1. The molecule has 122 valence electrons. The molecule has 5 heteroatoms. The second-order valence-electron chi connectivity index (χ2n) is 5.64. The number of aryl methyl sites for hydroxylation is 2. The largest absolute Gasteiger partial charge is 0.360 e. The zero-order chi connectivity index (χ0) is 17.1. The van der Waals surface area contributed by atoms with E-state index in [1.807, 2.05) is 31.2 Å². The molecule has 3 aromatic rings. The van der Waals surface area contributed by atoms with E-state index in [0.717, 1.165) is 11.1 Å². The van der Waals surface area contributed by atoms with Gasteiger partial charge < -0.3 is 9.84 Å². The summed E-state index contributed by atoms with van der Waals surface area (Å²) in [4.78, 5) is 12.6. The second kappa shape index (κ2) is 6.66. The number of nitrogens with one attached hydrogen (secondary N) is 1. The molecule has 2 aromatic carbocycles. The minimum absolute atomic E-state index is 0.297. The van der Waals surface area contributed by atoms with Crippen LogP contribution in [0.5, 0.6) is 0 Å². The van der Waals surface area contributed by atoms with Crippen LogP contribution in [0, 0.1) is 19.7 Å². The highest BCUT2D eigenvalue weighted by Crippen LogP contribution is 2.25.